The maximum absolute atomic E-state index is 12.5. The highest BCUT2D eigenvalue weighted by atomic mass is 16.2. The maximum atomic E-state index is 12.5. The van der Waals surface area contributed by atoms with Crippen LogP contribution in [0.1, 0.15) is 54.7 Å². The first-order valence-electron chi connectivity index (χ1n) is 7.39. The van der Waals surface area contributed by atoms with E-state index in [2.05, 4.69) is 6.08 Å². The predicted molar refractivity (Wildman–Crippen MR) is 86.5 cm³/mol. The van der Waals surface area contributed by atoms with Gasteiger partial charge in [-0.05, 0) is 55.9 Å². The number of allylic oxidation sites excluding steroid dienone is 3. The first kappa shape index (κ1) is 15.4. The Morgan fingerprint density at radius 1 is 1.14 bits per heavy atom. The lowest BCUT2D eigenvalue weighted by atomic mass is 9.81. The second-order valence-electron chi connectivity index (χ2n) is 6.22. The quantitative estimate of drug-likeness (QED) is 0.611. The molecule has 0 atom stereocenters. The van der Waals surface area contributed by atoms with Gasteiger partial charge in [-0.15, -0.1) is 0 Å². The molecule has 1 aromatic carbocycles. The van der Waals surface area contributed by atoms with Crippen molar-refractivity contribution in [3.63, 3.8) is 0 Å². The minimum absolute atomic E-state index is 0.0668. The van der Waals surface area contributed by atoms with Crippen molar-refractivity contribution in [3.05, 3.63) is 51.6 Å². The largest absolute Gasteiger partial charge is 0.285 e. The van der Waals surface area contributed by atoms with E-state index < -0.39 is 0 Å². The van der Waals surface area contributed by atoms with E-state index in [0.29, 0.717) is 17.6 Å². The van der Waals surface area contributed by atoms with Gasteiger partial charge in [0.25, 0.3) is 0 Å². The molecule has 1 aliphatic carbocycles. The number of hydrogen-bond acceptors (Lipinski definition) is 2. The smallest absolute Gasteiger partial charge is 0.234 e. The SMILES string of the molecule is CC(C)=CCc1c(C)ccc2c1C(=O)C(=O)C(C(C)C)=C2. The van der Waals surface area contributed by atoms with Crippen molar-refractivity contribution in [3.8, 4) is 0 Å². The van der Waals surface area contributed by atoms with Crippen molar-refractivity contribution in [2.75, 3.05) is 0 Å². The number of aryl methyl sites for hydroxylation is 1. The standard InChI is InChI=1S/C19H22O2/c1-11(2)6-9-15-13(5)7-8-14-10-16(12(3)4)18(20)19(21)17(14)15/h6-8,10,12H,9H2,1-5H3. The number of benzene rings is 1. The molecule has 110 valence electrons. The van der Waals surface area contributed by atoms with Gasteiger partial charge in [-0.1, -0.05) is 37.6 Å². The maximum Gasteiger partial charge on any atom is 0.234 e. The van der Waals surface area contributed by atoms with Gasteiger partial charge in [0.1, 0.15) is 0 Å². The topological polar surface area (TPSA) is 34.1 Å². The van der Waals surface area contributed by atoms with E-state index in [1.807, 2.05) is 52.8 Å². The Morgan fingerprint density at radius 3 is 2.38 bits per heavy atom. The summed E-state index contributed by atoms with van der Waals surface area (Å²) in [5.74, 6) is -0.629. The molecule has 0 heterocycles. The molecule has 0 radical (unpaired) electrons. The van der Waals surface area contributed by atoms with Crippen LogP contribution in [0.3, 0.4) is 0 Å². The lowest BCUT2D eigenvalue weighted by molar-refractivity contribution is -0.112. The third kappa shape index (κ3) is 2.90. The summed E-state index contributed by atoms with van der Waals surface area (Å²) in [4.78, 5) is 24.8. The van der Waals surface area contributed by atoms with Crippen LogP contribution < -0.4 is 0 Å². The van der Waals surface area contributed by atoms with Crippen LogP contribution in [0.5, 0.6) is 0 Å². The molecule has 21 heavy (non-hydrogen) atoms. The highest BCUT2D eigenvalue weighted by Gasteiger charge is 2.31. The van der Waals surface area contributed by atoms with E-state index in [0.717, 1.165) is 16.7 Å². The number of hydrogen-bond donors (Lipinski definition) is 0. The number of ketones is 2. The summed E-state index contributed by atoms with van der Waals surface area (Å²) in [5, 5.41) is 0. The fraction of sp³-hybridized carbons (Fsp3) is 0.368. The summed E-state index contributed by atoms with van der Waals surface area (Å²) in [6, 6.07) is 3.98. The third-order valence-electron chi connectivity index (χ3n) is 3.92. The van der Waals surface area contributed by atoms with E-state index >= 15 is 0 Å². The number of fused-ring (bicyclic) bond motifs is 1. The third-order valence-corrected chi connectivity index (χ3v) is 3.92. The van der Waals surface area contributed by atoms with Crippen molar-refractivity contribution in [1.29, 1.82) is 0 Å². The van der Waals surface area contributed by atoms with Gasteiger partial charge in [0.2, 0.25) is 11.6 Å². The first-order valence-corrected chi connectivity index (χ1v) is 7.39. The zero-order valence-corrected chi connectivity index (χ0v) is 13.4. The average Bonchev–Trinajstić information content (AvgIpc) is 2.41. The molecule has 2 rings (SSSR count). The van der Waals surface area contributed by atoms with Gasteiger partial charge in [0.15, 0.2) is 0 Å². The van der Waals surface area contributed by atoms with Crippen LogP contribution in [0.15, 0.2) is 29.4 Å². The van der Waals surface area contributed by atoms with E-state index in [4.69, 9.17) is 0 Å². The number of carbonyl (C=O) groups excluding carboxylic acids is 2. The number of Topliss-reactive ketones (excluding diaryl/α,β-unsaturated/α-hetero) is 2. The normalized spacial score (nSPS) is 14.1. The molecule has 0 fully saturated rings. The lowest BCUT2D eigenvalue weighted by Gasteiger charge is -2.20. The van der Waals surface area contributed by atoms with E-state index in [1.54, 1.807) is 0 Å². The van der Waals surface area contributed by atoms with E-state index in [1.165, 1.54) is 5.57 Å². The van der Waals surface area contributed by atoms with Gasteiger partial charge in [0.05, 0.1) is 0 Å². The fourth-order valence-corrected chi connectivity index (χ4v) is 2.63. The van der Waals surface area contributed by atoms with Gasteiger partial charge in [-0.3, -0.25) is 9.59 Å². The Balaban J connectivity index is 2.64. The Labute approximate surface area is 126 Å². The van der Waals surface area contributed by atoms with Crippen molar-refractivity contribution < 1.29 is 9.59 Å². The van der Waals surface area contributed by atoms with Gasteiger partial charge in [-0.2, -0.15) is 0 Å². The van der Waals surface area contributed by atoms with Crippen LogP contribution in [0.2, 0.25) is 0 Å². The Hall–Kier alpha value is -1.96. The predicted octanol–water partition coefficient (Wildman–Crippen LogP) is 4.31. The Morgan fingerprint density at radius 2 is 1.81 bits per heavy atom. The minimum Gasteiger partial charge on any atom is -0.285 e. The van der Waals surface area contributed by atoms with Crippen molar-refractivity contribution in [1.82, 2.24) is 0 Å². The molecule has 0 bridgehead atoms. The summed E-state index contributed by atoms with van der Waals surface area (Å²) >= 11 is 0. The highest BCUT2D eigenvalue weighted by Crippen LogP contribution is 2.30. The first-order chi connectivity index (χ1) is 9.82. The molecule has 0 spiro atoms. The molecule has 2 nitrogen and oxygen atoms in total. The van der Waals surface area contributed by atoms with Crippen LogP contribution in [-0.4, -0.2) is 11.6 Å². The van der Waals surface area contributed by atoms with Gasteiger partial charge >= 0.3 is 0 Å². The van der Waals surface area contributed by atoms with E-state index in [9.17, 15) is 9.59 Å². The molecule has 0 aromatic heterocycles. The Bertz CT molecular complexity index is 669. The van der Waals surface area contributed by atoms with Crippen molar-refractivity contribution in [2.45, 2.75) is 41.0 Å². The molecule has 0 saturated carbocycles. The van der Waals surface area contributed by atoms with Gasteiger partial charge < -0.3 is 0 Å². The Kier molecular flexibility index (Phi) is 4.26. The van der Waals surface area contributed by atoms with Crippen molar-refractivity contribution >= 4 is 17.6 Å². The minimum atomic E-state index is -0.350. The van der Waals surface area contributed by atoms with Crippen LogP contribution in [0, 0.1) is 12.8 Å². The van der Waals surface area contributed by atoms with Crippen LogP contribution >= 0.6 is 0 Å². The fourth-order valence-electron chi connectivity index (χ4n) is 2.63. The number of rotatable bonds is 3. The van der Waals surface area contributed by atoms with Gasteiger partial charge in [0, 0.05) is 11.1 Å². The van der Waals surface area contributed by atoms with Crippen LogP contribution in [-0.2, 0) is 11.2 Å². The second kappa shape index (κ2) is 5.80. The molecule has 1 aliphatic rings. The number of carbonyl (C=O) groups is 2. The lowest BCUT2D eigenvalue weighted by Crippen LogP contribution is -2.25. The molecule has 0 unspecified atom stereocenters. The average molecular weight is 282 g/mol. The van der Waals surface area contributed by atoms with E-state index in [-0.39, 0.29) is 17.5 Å². The summed E-state index contributed by atoms with van der Waals surface area (Å²) in [6.07, 6.45) is 4.68. The molecular weight excluding hydrogens is 260 g/mol. The molecular formula is C19H22O2. The van der Waals surface area contributed by atoms with Crippen molar-refractivity contribution in [2.24, 2.45) is 5.92 Å². The molecule has 0 amide bonds. The highest BCUT2D eigenvalue weighted by molar-refractivity contribution is 6.52. The summed E-state index contributed by atoms with van der Waals surface area (Å²) in [5.41, 5.74) is 5.34. The monoisotopic (exact) mass is 282 g/mol. The summed E-state index contributed by atoms with van der Waals surface area (Å²) < 4.78 is 0. The second-order valence-corrected chi connectivity index (χ2v) is 6.22. The molecule has 1 aromatic rings. The van der Waals surface area contributed by atoms with Gasteiger partial charge in [-0.25, -0.2) is 0 Å². The molecule has 0 aliphatic heterocycles. The summed E-state index contributed by atoms with van der Waals surface area (Å²) in [7, 11) is 0. The molecule has 0 saturated heterocycles. The molecule has 0 N–H and O–H groups in total. The van der Waals surface area contributed by atoms with Crippen LogP contribution in [0.4, 0.5) is 0 Å². The zero-order chi connectivity index (χ0) is 15.7. The summed E-state index contributed by atoms with van der Waals surface area (Å²) in [6.45, 7) is 9.96. The van der Waals surface area contributed by atoms with Crippen LogP contribution in [0.25, 0.3) is 6.08 Å². The zero-order valence-electron chi connectivity index (χ0n) is 13.4. The molecule has 2 heteroatoms.